The molecular weight excluding hydrogens is 372 g/mol. The van der Waals surface area contributed by atoms with Crippen LogP contribution >= 0.6 is 27.5 Å². The lowest BCUT2D eigenvalue weighted by Gasteiger charge is -2.21. The number of nitrogens with zero attached hydrogens (tertiary/aromatic N) is 1. The van der Waals surface area contributed by atoms with E-state index in [1.165, 1.54) is 7.11 Å². The van der Waals surface area contributed by atoms with Crippen molar-refractivity contribution in [3.8, 4) is 5.75 Å². The number of benzene rings is 1. The van der Waals surface area contributed by atoms with Gasteiger partial charge in [-0.05, 0) is 41.9 Å². The average Bonchev–Trinajstić information content (AvgIpc) is 2.80. The van der Waals surface area contributed by atoms with E-state index in [1.807, 2.05) is 13.8 Å². The number of rotatable bonds is 4. The number of carbonyl (C=O) groups is 2. The molecule has 7 heteroatoms. The number of likely N-dealkylation sites (tertiary alicyclic amines) is 1. The predicted octanol–water partition coefficient (Wildman–Crippen LogP) is 3.31. The first-order valence-electron chi connectivity index (χ1n) is 6.96. The average molecular weight is 390 g/mol. The molecule has 0 aromatic heterocycles. The molecule has 22 heavy (non-hydrogen) atoms. The van der Waals surface area contributed by atoms with Gasteiger partial charge in [0.2, 0.25) is 11.8 Å². The zero-order valence-electron chi connectivity index (χ0n) is 12.7. The van der Waals surface area contributed by atoms with E-state index in [9.17, 15) is 9.59 Å². The standard InChI is InChI=1S/C15H18BrClN2O3/c1-8(2)19-7-9(4-13(19)20)15(21)18-12-6-10(17)5-11(16)14(12)22-3/h5-6,8-9H,4,7H2,1-3H3,(H,18,21)/t9-/m0/s1. The van der Waals surface area contributed by atoms with Gasteiger partial charge in [0.15, 0.2) is 5.75 Å². The molecule has 1 aromatic carbocycles. The number of nitrogens with one attached hydrogen (secondary N) is 1. The number of methoxy groups -OCH3 is 1. The van der Waals surface area contributed by atoms with Crippen molar-refractivity contribution in [2.45, 2.75) is 26.3 Å². The van der Waals surface area contributed by atoms with Gasteiger partial charge in [0.1, 0.15) is 0 Å². The molecule has 1 aliphatic heterocycles. The van der Waals surface area contributed by atoms with Gasteiger partial charge in [0.25, 0.3) is 0 Å². The van der Waals surface area contributed by atoms with Gasteiger partial charge in [-0.25, -0.2) is 0 Å². The van der Waals surface area contributed by atoms with Crippen molar-refractivity contribution in [3.05, 3.63) is 21.6 Å². The minimum atomic E-state index is -0.364. The summed E-state index contributed by atoms with van der Waals surface area (Å²) in [5, 5.41) is 3.29. The molecule has 1 saturated heterocycles. The molecular formula is C15H18BrClN2O3. The van der Waals surface area contributed by atoms with E-state index in [1.54, 1.807) is 17.0 Å². The topological polar surface area (TPSA) is 58.6 Å². The van der Waals surface area contributed by atoms with E-state index in [2.05, 4.69) is 21.2 Å². The highest BCUT2D eigenvalue weighted by Gasteiger charge is 2.35. The summed E-state index contributed by atoms with van der Waals surface area (Å²) in [5.41, 5.74) is 0.488. The quantitative estimate of drug-likeness (QED) is 0.859. The number of amides is 2. The van der Waals surface area contributed by atoms with E-state index in [0.717, 1.165) is 0 Å². The molecule has 1 aliphatic rings. The van der Waals surface area contributed by atoms with Gasteiger partial charge in [0, 0.05) is 24.0 Å². The Morgan fingerprint density at radius 3 is 2.73 bits per heavy atom. The van der Waals surface area contributed by atoms with Crippen molar-refractivity contribution >= 4 is 45.0 Å². The van der Waals surface area contributed by atoms with E-state index in [-0.39, 0.29) is 30.2 Å². The second kappa shape index (κ2) is 6.87. The number of ether oxygens (including phenoxy) is 1. The maximum atomic E-state index is 12.4. The van der Waals surface area contributed by atoms with E-state index >= 15 is 0 Å². The van der Waals surface area contributed by atoms with E-state index < -0.39 is 0 Å². The molecule has 1 fully saturated rings. The smallest absolute Gasteiger partial charge is 0.229 e. The molecule has 5 nitrogen and oxygen atoms in total. The summed E-state index contributed by atoms with van der Waals surface area (Å²) < 4.78 is 5.93. The van der Waals surface area contributed by atoms with Crippen molar-refractivity contribution in [2.24, 2.45) is 5.92 Å². The monoisotopic (exact) mass is 388 g/mol. The third-order valence-corrected chi connectivity index (χ3v) is 4.43. The first kappa shape index (κ1) is 17.1. The molecule has 0 spiro atoms. The fourth-order valence-corrected chi connectivity index (χ4v) is 3.47. The van der Waals surface area contributed by atoms with Crippen molar-refractivity contribution in [2.75, 3.05) is 19.0 Å². The first-order valence-corrected chi connectivity index (χ1v) is 8.14. The second-order valence-corrected chi connectivity index (χ2v) is 6.79. The summed E-state index contributed by atoms with van der Waals surface area (Å²) in [6, 6.07) is 3.41. The van der Waals surface area contributed by atoms with Gasteiger partial charge in [-0.2, -0.15) is 0 Å². The second-order valence-electron chi connectivity index (χ2n) is 5.50. The molecule has 0 radical (unpaired) electrons. The summed E-state index contributed by atoms with van der Waals surface area (Å²) in [5.74, 6) is -0.0569. The van der Waals surface area contributed by atoms with Crippen LogP contribution < -0.4 is 10.1 Å². The number of hydrogen-bond acceptors (Lipinski definition) is 3. The molecule has 0 bridgehead atoms. The maximum absolute atomic E-state index is 12.4. The van der Waals surface area contributed by atoms with Crippen LogP contribution in [0, 0.1) is 5.92 Å². The molecule has 1 aromatic rings. The van der Waals surface area contributed by atoms with Crippen molar-refractivity contribution in [1.82, 2.24) is 4.90 Å². The van der Waals surface area contributed by atoms with Gasteiger partial charge in [-0.15, -0.1) is 0 Å². The Morgan fingerprint density at radius 2 is 2.18 bits per heavy atom. The Hall–Kier alpha value is -1.27. The van der Waals surface area contributed by atoms with Gasteiger partial charge in [-0.3, -0.25) is 9.59 Å². The normalized spacial score (nSPS) is 18.0. The minimum absolute atomic E-state index is 0.00869. The van der Waals surface area contributed by atoms with Crippen LogP contribution in [0.5, 0.6) is 5.75 Å². The predicted molar refractivity (Wildman–Crippen MR) is 89.3 cm³/mol. The number of carbonyl (C=O) groups excluding carboxylic acids is 2. The summed E-state index contributed by atoms with van der Waals surface area (Å²) >= 11 is 9.36. The molecule has 2 amide bonds. The van der Waals surface area contributed by atoms with Gasteiger partial charge in [0.05, 0.1) is 23.2 Å². The summed E-state index contributed by atoms with van der Waals surface area (Å²) in [6.07, 6.45) is 0.230. The lowest BCUT2D eigenvalue weighted by Crippen LogP contribution is -2.33. The minimum Gasteiger partial charge on any atom is -0.493 e. The van der Waals surface area contributed by atoms with Gasteiger partial charge >= 0.3 is 0 Å². The Kier molecular flexibility index (Phi) is 5.34. The zero-order valence-corrected chi connectivity index (χ0v) is 15.0. The van der Waals surface area contributed by atoms with Crippen LogP contribution in [0.1, 0.15) is 20.3 Å². The van der Waals surface area contributed by atoms with Crippen LogP contribution in [0.3, 0.4) is 0 Å². The number of hydrogen-bond donors (Lipinski definition) is 1. The molecule has 2 rings (SSSR count). The lowest BCUT2D eigenvalue weighted by molar-refractivity contribution is -0.129. The van der Waals surface area contributed by atoms with Gasteiger partial charge < -0.3 is 15.0 Å². The maximum Gasteiger partial charge on any atom is 0.229 e. The Morgan fingerprint density at radius 1 is 1.50 bits per heavy atom. The van der Waals surface area contributed by atoms with E-state index in [0.29, 0.717) is 27.5 Å². The zero-order chi connectivity index (χ0) is 16.4. The van der Waals surface area contributed by atoms with Crippen LogP contribution in [-0.2, 0) is 9.59 Å². The van der Waals surface area contributed by atoms with E-state index in [4.69, 9.17) is 16.3 Å². The SMILES string of the molecule is COc1c(Br)cc(Cl)cc1NC(=O)[C@H]1CC(=O)N(C(C)C)C1. The third kappa shape index (κ3) is 3.55. The molecule has 0 aliphatic carbocycles. The van der Waals surface area contributed by atoms with Crippen molar-refractivity contribution < 1.29 is 14.3 Å². The van der Waals surface area contributed by atoms with Crippen molar-refractivity contribution in [1.29, 1.82) is 0 Å². The molecule has 1 N–H and O–H groups in total. The molecule has 0 saturated carbocycles. The third-order valence-electron chi connectivity index (χ3n) is 3.62. The van der Waals surface area contributed by atoms with Crippen LogP contribution in [0.4, 0.5) is 5.69 Å². The van der Waals surface area contributed by atoms with Crippen LogP contribution in [0.2, 0.25) is 5.02 Å². The Balaban J connectivity index is 2.15. The fraction of sp³-hybridized carbons (Fsp3) is 0.467. The highest BCUT2D eigenvalue weighted by atomic mass is 79.9. The fourth-order valence-electron chi connectivity index (χ4n) is 2.50. The lowest BCUT2D eigenvalue weighted by atomic mass is 10.1. The largest absolute Gasteiger partial charge is 0.493 e. The van der Waals surface area contributed by atoms with Crippen LogP contribution in [-0.4, -0.2) is 36.4 Å². The molecule has 1 atom stereocenters. The Labute approximate surface area is 143 Å². The molecule has 0 unspecified atom stereocenters. The summed E-state index contributed by atoms with van der Waals surface area (Å²) in [6.45, 7) is 4.32. The first-order chi connectivity index (χ1) is 10.3. The van der Waals surface area contributed by atoms with Gasteiger partial charge in [-0.1, -0.05) is 11.6 Å². The summed E-state index contributed by atoms with van der Waals surface area (Å²) in [4.78, 5) is 26.0. The number of halogens is 2. The molecule has 120 valence electrons. The number of anilines is 1. The molecule has 1 heterocycles. The van der Waals surface area contributed by atoms with Crippen LogP contribution in [0.15, 0.2) is 16.6 Å². The highest BCUT2D eigenvalue weighted by Crippen LogP contribution is 2.36. The van der Waals surface area contributed by atoms with Crippen LogP contribution in [0.25, 0.3) is 0 Å². The van der Waals surface area contributed by atoms with Crippen molar-refractivity contribution in [3.63, 3.8) is 0 Å². The highest BCUT2D eigenvalue weighted by molar-refractivity contribution is 9.10. The Bertz CT molecular complexity index is 607. The summed E-state index contributed by atoms with van der Waals surface area (Å²) in [7, 11) is 1.52.